The van der Waals surface area contributed by atoms with Crippen LogP contribution in [0.25, 0.3) is 33.2 Å². The molecule has 2 aromatic heterocycles. The summed E-state index contributed by atoms with van der Waals surface area (Å²) < 4.78 is 0. The molecule has 0 saturated carbocycles. The molecule has 0 bridgehead atoms. The summed E-state index contributed by atoms with van der Waals surface area (Å²) >= 11 is 0. The number of fused-ring (bicyclic) bond motifs is 2. The molecule has 2 heterocycles. The van der Waals surface area contributed by atoms with Gasteiger partial charge in [-0.2, -0.15) is 0 Å². The molecular weight excluding hydrogens is 286 g/mol. The van der Waals surface area contributed by atoms with Crippen LogP contribution in [-0.4, -0.2) is 15.0 Å². The zero-order chi connectivity index (χ0) is 16.0. The summed E-state index contributed by atoms with van der Waals surface area (Å²) in [7, 11) is 0. The Bertz CT molecular complexity index is 1040. The van der Waals surface area contributed by atoms with Crippen molar-refractivity contribution in [2.24, 2.45) is 0 Å². The first-order valence-electron chi connectivity index (χ1n) is 7.31. The number of nitrogens with zero attached hydrogens (tertiary/aromatic N) is 3. The standard InChI is InChI=1S/C18H15N5/c1-10-6-7-11(9-21-10)16-12(19)8-15-18(17(16)20)23-14-5-3-2-4-13(14)22-15/h2-9H,19-20H2,1H3. The number of anilines is 2. The second kappa shape index (κ2) is 4.91. The van der Waals surface area contributed by atoms with Crippen molar-refractivity contribution in [3.8, 4) is 11.1 Å². The lowest BCUT2D eigenvalue weighted by molar-refractivity contribution is 1.20. The molecule has 0 aliphatic carbocycles. The Labute approximate surface area is 133 Å². The number of para-hydroxylation sites is 2. The molecule has 0 aliphatic heterocycles. The van der Waals surface area contributed by atoms with Crippen LogP contribution in [0.15, 0.2) is 48.7 Å². The van der Waals surface area contributed by atoms with Crippen molar-refractivity contribution in [2.45, 2.75) is 6.92 Å². The summed E-state index contributed by atoms with van der Waals surface area (Å²) in [5.74, 6) is 0. The Balaban J connectivity index is 2.05. The van der Waals surface area contributed by atoms with Crippen LogP contribution in [0.2, 0.25) is 0 Å². The van der Waals surface area contributed by atoms with Crippen LogP contribution in [-0.2, 0) is 0 Å². The van der Waals surface area contributed by atoms with E-state index in [1.54, 1.807) is 6.20 Å². The average Bonchev–Trinajstić information content (AvgIpc) is 2.55. The number of pyridine rings is 1. The Morgan fingerprint density at radius 1 is 0.870 bits per heavy atom. The highest BCUT2D eigenvalue weighted by molar-refractivity contribution is 6.04. The lowest BCUT2D eigenvalue weighted by Gasteiger charge is -2.12. The molecule has 0 unspecified atom stereocenters. The predicted molar refractivity (Wildman–Crippen MR) is 93.8 cm³/mol. The molecule has 4 aromatic rings. The Hall–Kier alpha value is -3.21. The highest BCUT2D eigenvalue weighted by atomic mass is 14.8. The Morgan fingerprint density at radius 2 is 1.61 bits per heavy atom. The number of nitrogens with two attached hydrogens (primary N) is 2. The molecule has 0 radical (unpaired) electrons. The van der Waals surface area contributed by atoms with Crippen LogP contribution in [0.4, 0.5) is 11.4 Å². The molecule has 4 N–H and O–H groups in total. The molecule has 0 saturated heterocycles. The number of nitrogen functional groups attached to an aromatic ring is 2. The number of hydrogen-bond acceptors (Lipinski definition) is 5. The van der Waals surface area contributed by atoms with E-state index in [1.807, 2.05) is 49.4 Å². The van der Waals surface area contributed by atoms with E-state index in [0.717, 1.165) is 27.9 Å². The van der Waals surface area contributed by atoms with E-state index in [1.165, 1.54) is 0 Å². The van der Waals surface area contributed by atoms with E-state index in [-0.39, 0.29) is 0 Å². The Kier molecular flexibility index (Phi) is 2.87. The number of aromatic nitrogens is 3. The highest BCUT2D eigenvalue weighted by Gasteiger charge is 2.14. The summed E-state index contributed by atoms with van der Waals surface area (Å²) in [6.07, 6.45) is 1.78. The van der Waals surface area contributed by atoms with Gasteiger partial charge in [-0.15, -0.1) is 0 Å². The summed E-state index contributed by atoms with van der Waals surface area (Å²) in [5, 5.41) is 0. The van der Waals surface area contributed by atoms with Gasteiger partial charge in [-0.25, -0.2) is 9.97 Å². The molecule has 0 amide bonds. The molecule has 2 aromatic carbocycles. The second-order valence-corrected chi connectivity index (χ2v) is 5.52. The largest absolute Gasteiger partial charge is 0.398 e. The first kappa shape index (κ1) is 13.5. The third kappa shape index (κ3) is 2.14. The van der Waals surface area contributed by atoms with Gasteiger partial charge in [0.1, 0.15) is 5.52 Å². The molecule has 5 heteroatoms. The van der Waals surface area contributed by atoms with Crippen molar-refractivity contribution in [3.05, 3.63) is 54.4 Å². The van der Waals surface area contributed by atoms with Gasteiger partial charge in [0.25, 0.3) is 0 Å². The highest BCUT2D eigenvalue weighted by Crippen LogP contribution is 2.36. The topological polar surface area (TPSA) is 90.7 Å². The maximum absolute atomic E-state index is 6.37. The third-order valence-electron chi connectivity index (χ3n) is 3.90. The van der Waals surface area contributed by atoms with Crippen molar-refractivity contribution < 1.29 is 0 Å². The van der Waals surface area contributed by atoms with Crippen LogP contribution in [0.5, 0.6) is 0 Å². The van der Waals surface area contributed by atoms with E-state index in [0.29, 0.717) is 22.4 Å². The van der Waals surface area contributed by atoms with Crippen LogP contribution in [0.3, 0.4) is 0 Å². The monoisotopic (exact) mass is 301 g/mol. The summed E-state index contributed by atoms with van der Waals surface area (Å²) in [6, 6.07) is 13.4. The zero-order valence-corrected chi connectivity index (χ0v) is 12.6. The third-order valence-corrected chi connectivity index (χ3v) is 3.90. The molecular formula is C18H15N5. The number of aryl methyl sites for hydroxylation is 1. The molecule has 112 valence electrons. The number of hydrogen-bond donors (Lipinski definition) is 2. The zero-order valence-electron chi connectivity index (χ0n) is 12.6. The lowest BCUT2D eigenvalue weighted by Crippen LogP contribution is -2.01. The van der Waals surface area contributed by atoms with E-state index in [2.05, 4.69) is 15.0 Å². The van der Waals surface area contributed by atoms with E-state index in [9.17, 15) is 0 Å². The summed E-state index contributed by atoms with van der Waals surface area (Å²) in [4.78, 5) is 13.6. The minimum Gasteiger partial charge on any atom is -0.398 e. The lowest BCUT2D eigenvalue weighted by atomic mass is 10.0. The van der Waals surface area contributed by atoms with Crippen molar-refractivity contribution >= 4 is 33.4 Å². The fraction of sp³-hybridized carbons (Fsp3) is 0.0556. The normalized spacial score (nSPS) is 11.2. The second-order valence-electron chi connectivity index (χ2n) is 5.52. The van der Waals surface area contributed by atoms with Gasteiger partial charge in [0.2, 0.25) is 0 Å². The summed E-state index contributed by atoms with van der Waals surface area (Å²) in [6.45, 7) is 1.94. The van der Waals surface area contributed by atoms with Gasteiger partial charge in [-0.1, -0.05) is 18.2 Å². The van der Waals surface area contributed by atoms with Crippen LogP contribution in [0, 0.1) is 6.92 Å². The van der Waals surface area contributed by atoms with Crippen LogP contribution in [0.1, 0.15) is 5.69 Å². The minimum atomic E-state index is 0.531. The molecule has 0 spiro atoms. The minimum absolute atomic E-state index is 0.531. The van der Waals surface area contributed by atoms with Gasteiger partial charge in [0, 0.05) is 28.7 Å². The predicted octanol–water partition coefficient (Wildman–Crippen LogP) is 3.32. The maximum atomic E-state index is 6.37. The molecule has 0 fully saturated rings. The Morgan fingerprint density at radius 3 is 2.30 bits per heavy atom. The van der Waals surface area contributed by atoms with Crippen LogP contribution >= 0.6 is 0 Å². The quantitative estimate of drug-likeness (QED) is 0.416. The van der Waals surface area contributed by atoms with Crippen molar-refractivity contribution in [2.75, 3.05) is 11.5 Å². The van der Waals surface area contributed by atoms with E-state index >= 15 is 0 Å². The fourth-order valence-electron chi connectivity index (χ4n) is 2.74. The van der Waals surface area contributed by atoms with Gasteiger partial charge < -0.3 is 11.5 Å². The summed E-state index contributed by atoms with van der Waals surface area (Å²) in [5.41, 5.74) is 19.3. The van der Waals surface area contributed by atoms with Gasteiger partial charge >= 0.3 is 0 Å². The van der Waals surface area contributed by atoms with Crippen molar-refractivity contribution in [1.82, 2.24) is 15.0 Å². The first-order chi connectivity index (χ1) is 11.1. The average molecular weight is 301 g/mol. The first-order valence-corrected chi connectivity index (χ1v) is 7.31. The molecule has 0 aliphatic rings. The SMILES string of the molecule is Cc1ccc(-c2c(N)cc3nc4ccccc4nc3c2N)cn1. The van der Waals surface area contributed by atoms with Crippen molar-refractivity contribution in [3.63, 3.8) is 0 Å². The molecule has 23 heavy (non-hydrogen) atoms. The van der Waals surface area contributed by atoms with E-state index < -0.39 is 0 Å². The smallest absolute Gasteiger partial charge is 0.113 e. The van der Waals surface area contributed by atoms with Gasteiger partial charge in [0.15, 0.2) is 0 Å². The van der Waals surface area contributed by atoms with Crippen LogP contribution < -0.4 is 11.5 Å². The van der Waals surface area contributed by atoms with Gasteiger partial charge in [0.05, 0.1) is 22.2 Å². The van der Waals surface area contributed by atoms with Gasteiger partial charge in [-0.05, 0) is 31.2 Å². The molecule has 4 rings (SSSR count). The number of benzene rings is 2. The number of rotatable bonds is 1. The van der Waals surface area contributed by atoms with Gasteiger partial charge in [-0.3, -0.25) is 4.98 Å². The molecule has 0 atom stereocenters. The van der Waals surface area contributed by atoms with E-state index in [4.69, 9.17) is 11.5 Å². The van der Waals surface area contributed by atoms with Crippen molar-refractivity contribution in [1.29, 1.82) is 0 Å². The fourth-order valence-corrected chi connectivity index (χ4v) is 2.74. The molecule has 5 nitrogen and oxygen atoms in total. The maximum Gasteiger partial charge on any atom is 0.113 e.